The first-order valence-corrected chi connectivity index (χ1v) is 6.21. The van der Waals surface area contributed by atoms with Gasteiger partial charge in [0.15, 0.2) is 11.5 Å². The fraction of sp³-hybridized carbons (Fsp3) is 0.0714. The lowest BCUT2D eigenvalue weighted by Crippen LogP contribution is -1.96. The number of aromatic nitrogens is 3. The van der Waals surface area contributed by atoms with Gasteiger partial charge in [-0.1, -0.05) is 11.6 Å². The summed E-state index contributed by atoms with van der Waals surface area (Å²) in [6.07, 6.45) is 3.39. The summed E-state index contributed by atoms with van der Waals surface area (Å²) in [6, 6.07) is 9.44. The van der Waals surface area contributed by atoms with E-state index in [-0.39, 0.29) is 0 Å². The highest BCUT2D eigenvalue weighted by molar-refractivity contribution is 6.31. The first-order chi connectivity index (χ1) is 9.22. The summed E-state index contributed by atoms with van der Waals surface area (Å²) in [4.78, 5) is 12.9. The van der Waals surface area contributed by atoms with Gasteiger partial charge >= 0.3 is 0 Å². The molecular formula is C14H11ClN4. The molecule has 0 radical (unpaired) electrons. The summed E-state index contributed by atoms with van der Waals surface area (Å²) in [5.41, 5.74) is 3.34. The second-order valence-electron chi connectivity index (χ2n) is 4.19. The van der Waals surface area contributed by atoms with Crippen LogP contribution in [0, 0.1) is 6.92 Å². The Hall–Kier alpha value is -2.20. The van der Waals surface area contributed by atoms with Gasteiger partial charge in [-0.15, -0.1) is 0 Å². The second kappa shape index (κ2) is 4.82. The number of pyridine rings is 1. The molecule has 94 valence electrons. The van der Waals surface area contributed by atoms with Crippen molar-refractivity contribution in [3.05, 3.63) is 53.3 Å². The van der Waals surface area contributed by atoms with E-state index in [1.165, 1.54) is 0 Å². The number of hydrogen-bond donors (Lipinski definition) is 1. The fourth-order valence-corrected chi connectivity index (χ4v) is 1.90. The van der Waals surface area contributed by atoms with Gasteiger partial charge in [-0.2, -0.15) is 0 Å². The van der Waals surface area contributed by atoms with Crippen molar-refractivity contribution in [2.75, 3.05) is 5.32 Å². The monoisotopic (exact) mass is 270 g/mol. The maximum Gasteiger partial charge on any atom is 0.180 e. The molecule has 0 aliphatic heterocycles. The van der Waals surface area contributed by atoms with E-state index >= 15 is 0 Å². The van der Waals surface area contributed by atoms with E-state index in [2.05, 4.69) is 20.3 Å². The first-order valence-electron chi connectivity index (χ1n) is 5.83. The smallest absolute Gasteiger partial charge is 0.180 e. The highest BCUT2D eigenvalue weighted by atomic mass is 35.5. The lowest BCUT2D eigenvalue weighted by Gasteiger charge is -2.07. The number of aryl methyl sites for hydroxylation is 1. The topological polar surface area (TPSA) is 50.7 Å². The van der Waals surface area contributed by atoms with E-state index < -0.39 is 0 Å². The zero-order valence-corrected chi connectivity index (χ0v) is 11.0. The lowest BCUT2D eigenvalue weighted by atomic mass is 10.2. The van der Waals surface area contributed by atoms with Crippen LogP contribution in [0.1, 0.15) is 5.56 Å². The van der Waals surface area contributed by atoms with Crippen molar-refractivity contribution in [2.45, 2.75) is 6.92 Å². The summed E-state index contributed by atoms with van der Waals surface area (Å²) < 4.78 is 0. The molecule has 4 nitrogen and oxygen atoms in total. The van der Waals surface area contributed by atoms with Gasteiger partial charge in [-0.25, -0.2) is 15.0 Å². The molecule has 1 aromatic carbocycles. The number of anilines is 2. The maximum absolute atomic E-state index is 6.00. The number of rotatable bonds is 2. The highest BCUT2D eigenvalue weighted by Crippen LogP contribution is 2.22. The Balaban J connectivity index is 1.94. The molecule has 3 aromatic rings. The van der Waals surface area contributed by atoms with E-state index in [4.69, 9.17) is 11.6 Å². The van der Waals surface area contributed by atoms with Crippen LogP contribution in [0.25, 0.3) is 11.2 Å². The molecule has 1 N–H and O–H groups in total. The van der Waals surface area contributed by atoms with Gasteiger partial charge in [0.05, 0.1) is 6.20 Å². The number of nitrogens with zero attached hydrogens (tertiary/aromatic N) is 3. The van der Waals surface area contributed by atoms with Crippen LogP contribution in [-0.4, -0.2) is 15.0 Å². The third kappa shape index (κ3) is 2.48. The zero-order valence-electron chi connectivity index (χ0n) is 10.3. The molecule has 0 unspecified atom stereocenters. The Bertz CT molecular complexity index is 742. The number of halogens is 1. The van der Waals surface area contributed by atoms with Gasteiger partial charge < -0.3 is 5.32 Å². The van der Waals surface area contributed by atoms with Crippen molar-refractivity contribution in [2.24, 2.45) is 0 Å². The normalized spacial score (nSPS) is 10.6. The minimum Gasteiger partial charge on any atom is -0.339 e. The maximum atomic E-state index is 6.00. The van der Waals surface area contributed by atoms with Gasteiger partial charge in [0, 0.05) is 16.9 Å². The van der Waals surface area contributed by atoms with Crippen LogP contribution < -0.4 is 5.32 Å². The molecule has 0 spiro atoms. The summed E-state index contributed by atoms with van der Waals surface area (Å²) in [7, 11) is 0. The molecule has 5 heteroatoms. The molecule has 0 amide bonds. The molecule has 0 atom stereocenters. The van der Waals surface area contributed by atoms with Crippen molar-refractivity contribution < 1.29 is 0 Å². The van der Waals surface area contributed by atoms with Crippen molar-refractivity contribution in [1.82, 2.24) is 15.0 Å². The molecule has 0 saturated heterocycles. The van der Waals surface area contributed by atoms with Gasteiger partial charge in [0.1, 0.15) is 5.52 Å². The van der Waals surface area contributed by atoms with Crippen LogP contribution in [0.2, 0.25) is 5.02 Å². The summed E-state index contributed by atoms with van der Waals surface area (Å²) >= 11 is 6.00. The Morgan fingerprint density at radius 2 is 2.05 bits per heavy atom. The number of fused-ring (bicyclic) bond motifs is 1. The van der Waals surface area contributed by atoms with Gasteiger partial charge in [0.25, 0.3) is 0 Å². The fourth-order valence-electron chi connectivity index (χ4n) is 1.78. The van der Waals surface area contributed by atoms with E-state index in [1.54, 1.807) is 12.4 Å². The van der Waals surface area contributed by atoms with Gasteiger partial charge in [0.2, 0.25) is 0 Å². The van der Waals surface area contributed by atoms with Crippen LogP contribution >= 0.6 is 11.6 Å². The third-order valence-electron chi connectivity index (χ3n) is 2.75. The SMILES string of the molecule is Cc1cc(Nc2cnc3cccnc3n2)ccc1Cl. The van der Waals surface area contributed by atoms with Crippen LogP contribution in [0.3, 0.4) is 0 Å². The van der Waals surface area contributed by atoms with E-state index in [1.807, 2.05) is 37.3 Å². The highest BCUT2D eigenvalue weighted by Gasteiger charge is 2.02. The van der Waals surface area contributed by atoms with E-state index in [9.17, 15) is 0 Å². The third-order valence-corrected chi connectivity index (χ3v) is 3.17. The van der Waals surface area contributed by atoms with E-state index in [0.29, 0.717) is 11.5 Å². The van der Waals surface area contributed by atoms with Crippen molar-refractivity contribution in [1.29, 1.82) is 0 Å². The molecule has 2 aromatic heterocycles. The molecule has 0 aliphatic rings. The second-order valence-corrected chi connectivity index (χ2v) is 4.60. The first kappa shape index (κ1) is 11.9. The summed E-state index contributed by atoms with van der Waals surface area (Å²) in [5.74, 6) is 0.660. The molecule has 0 fully saturated rings. The van der Waals surface area contributed by atoms with Gasteiger partial charge in [-0.05, 0) is 42.8 Å². The molecule has 0 aliphatic carbocycles. The van der Waals surface area contributed by atoms with Crippen LogP contribution in [0.4, 0.5) is 11.5 Å². The standard InChI is InChI=1S/C14H11ClN4/c1-9-7-10(4-5-11(9)15)18-13-8-17-12-3-2-6-16-14(12)19-13/h2-8H,1H3,(H,16,18,19). The number of benzene rings is 1. The molecule has 0 saturated carbocycles. The van der Waals surface area contributed by atoms with Crippen LogP contribution in [0.15, 0.2) is 42.7 Å². The van der Waals surface area contributed by atoms with E-state index in [0.717, 1.165) is 21.8 Å². The average Bonchev–Trinajstić information content (AvgIpc) is 2.43. The Kier molecular flexibility index (Phi) is 3.01. The minimum absolute atomic E-state index is 0.623. The van der Waals surface area contributed by atoms with Crippen molar-refractivity contribution in [3.8, 4) is 0 Å². The molecule has 2 heterocycles. The van der Waals surface area contributed by atoms with Gasteiger partial charge in [-0.3, -0.25) is 0 Å². The molecule has 3 rings (SSSR count). The Labute approximate surface area is 115 Å². The largest absolute Gasteiger partial charge is 0.339 e. The number of hydrogen-bond acceptors (Lipinski definition) is 4. The van der Waals surface area contributed by atoms with Crippen LogP contribution in [0.5, 0.6) is 0 Å². The predicted molar refractivity (Wildman–Crippen MR) is 76.8 cm³/mol. The zero-order chi connectivity index (χ0) is 13.2. The Morgan fingerprint density at radius 3 is 2.89 bits per heavy atom. The van der Waals surface area contributed by atoms with Crippen molar-refractivity contribution >= 4 is 34.3 Å². The number of nitrogens with one attached hydrogen (secondary N) is 1. The molecule has 19 heavy (non-hydrogen) atoms. The van der Waals surface area contributed by atoms with Crippen molar-refractivity contribution in [3.63, 3.8) is 0 Å². The Morgan fingerprint density at radius 1 is 1.16 bits per heavy atom. The molecule has 0 bridgehead atoms. The summed E-state index contributed by atoms with van der Waals surface area (Å²) in [6.45, 7) is 1.96. The average molecular weight is 271 g/mol. The quantitative estimate of drug-likeness (QED) is 0.771. The summed E-state index contributed by atoms with van der Waals surface area (Å²) in [5, 5.41) is 3.94. The lowest BCUT2D eigenvalue weighted by molar-refractivity contribution is 1.22. The molecular weight excluding hydrogens is 260 g/mol. The predicted octanol–water partition coefficient (Wildman–Crippen LogP) is 3.73. The minimum atomic E-state index is 0.623. The van der Waals surface area contributed by atoms with Crippen LogP contribution in [-0.2, 0) is 0 Å².